The van der Waals surface area contributed by atoms with E-state index in [1.807, 2.05) is 22.4 Å². The summed E-state index contributed by atoms with van der Waals surface area (Å²) in [5.41, 5.74) is 1.22. The van der Waals surface area contributed by atoms with E-state index in [2.05, 4.69) is 33.0 Å². The molecule has 2 fully saturated rings. The highest BCUT2D eigenvalue weighted by atomic mass is 35.5. The van der Waals surface area contributed by atoms with Crippen molar-refractivity contribution in [2.75, 3.05) is 18.4 Å². The number of hydrogen-bond acceptors (Lipinski definition) is 5. The minimum absolute atomic E-state index is 0. The molecule has 3 heterocycles. The fraction of sp³-hybridized carbons (Fsp3) is 0.647. The molecular formula is C17H26ClN7O. The van der Waals surface area contributed by atoms with E-state index in [0.717, 1.165) is 37.4 Å². The lowest BCUT2D eigenvalue weighted by molar-refractivity contribution is 0.102. The SMILES string of the molecule is Cc1c(C(=O)Nc2ccnn2C(C)C2CC2)nnn1C1CCNCC1.Cl. The lowest BCUT2D eigenvalue weighted by Crippen LogP contribution is -2.30. The number of aromatic nitrogens is 5. The molecule has 1 aliphatic carbocycles. The Balaban J connectivity index is 0.00000196. The van der Waals surface area contributed by atoms with Gasteiger partial charge in [0, 0.05) is 6.07 Å². The maximum Gasteiger partial charge on any atom is 0.279 e. The molecule has 0 radical (unpaired) electrons. The second-order valence-corrected chi connectivity index (χ2v) is 7.14. The van der Waals surface area contributed by atoms with Gasteiger partial charge in [0.2, 0.25) is 0 Å². The van der Waals surface area contributed by atoms with Crippen molar-refractivity contribution in [3.8, 4) is 0 Å². The summed E-state index contributed by atoms with van der Waals surface area (Å²) >= 11 is 0. The van der Waals surface area contributed by atoms with E-state index in [-0.39, 0.29) is 18.3 Å². The molecule has 1 saturated heterocycles. The number of halogens is 1. The predicted octanol–water partition coefficient (Wildman–Crippen LogP) is 2.35. The third kappa shape index (κ3) is 3.61. The Morgan fingerprint density at radius 1 is 1.31 bits per heavy atom. The molecule has 1 saturated carbocycles. The first-order chi connectivity index (χ1) is 12.1. The van der Waals surface area contributed by atoms with Crippen molar-refractivity contribution in [3.63, 3.8) is 0 Å². The Morgan fingerprint density at radius 3 is 2.73 bits per heavy atom. The zero-order chi connectivity index (χ0) is 17.4. The molecule has 2 aromatic rings. The van der Waals surface area contributed by atoms with Crippen molar-refractivity contribution in [3.05, 3.63) is 23.7 Å². The van der Waals surface area contributed by atoms with Crippen molar-refractivity contribution in [2.45, 2.75) is 51.6 Å². The minimum atomic E-state index is -0.220. The Bertz CT molecular complexity index is 761. The summed E-state index contributed by atoms with van der Waals surface area (Å²) in [6.45, 7) is 6.02. The Hall–Kier alpha value is -1.93. The number of carbonyl (C=O) groups is 1. The number of amides is 1. The molecule has 2 aliphatic rings. The van der Waals surface area contributed by atoms with E-state index in [0.29, 0.717) is 23.7 Å². The third-order valence-electron chi connectivity index (χ3n) is 5.40. The maximum absolute atomic E-state index is 12.7. The van der Waals surface area contributed by atoms with Gasteiger partial charge in [-0.05, 0) is 58.5 Å². The molecule has 26 heavy (non-hydrogen) atoms. The number of hydrogen-bond donors (Lipinski definition) is 2. The quantitative estimate of drug-likeness (QED) is 0.832. The molecule has 0 spiro atoms. The first kappa shape index (κ1) is 18.8. The van der Waals surface area contributed by atoms with E-state index in [1.165, 1.54) is 12.8 Å². The molecule has 142 valence electrons. The van der Waals surface area contributed by atoms with Crippen molar-refractivity contribution < 1.29 is 4.79 Å². The molecule has 4 rings (SSSR count). The van der Waals surface area contributed by atoms with Gasteiger partial charge in [-0.2, -0.15) is 5.10 Å². The zero-order valence-electron chi connectivity index (χ0n) is 15.2. The van der Waals surface area contributed by atoms with Gasteiger partial charge < -0.3 is 10.6 Å². The predicted molar refractivity (Wildman–Crippen MR) is 101 cm³/mol. The smallest absolute Gasteiger partial charge is 0.279 e. The van der Waals surface area contributed by atoms with Crippen LogP contribution < -0.4 is 10.6 Å². The van der Waals surface area contributed by atoms with Crippen LogP contribution in [0.5, 0.6) is 0 Å². The van der Waals surface area contributed by atoms with Crippen LogP contribution in [0.15, 0.2) is 12.3 Å². The van der Waals surface area contributed by atoms with Crippen molar-refractivity contribution >= 4 is 24.1 Å². The number of piperidine rings is 1. The van der Waals surface area contributed by atoms with E-state index in [9.17, 15) is 4.79 Å². The fourth-order valence-corrected chi connectivity index (χ4v) is 3.64. The maximum atomic E-state index is 12.7. The van der Waals surface area contributed by atoms with Gasteiger partial charge in [0.05, 0.1) is 24.0 Å². The van der Waals surface area contributed by atoms with E-state index in [4.69, 9.17) is 0 Å². The molecule has 2 aromatic heterocycles. The molecule has 9 heteroatoms. The van der Waals surface area contributed by atoms with Gasteiger partial charge in [-0.3, -0.25) is 4.79 Å². The molecule has 1 aliphatic heterocycles. The summed E-state index contributed by atoms with van der Waals surface area (Å²) in [7, 11) is 0. The first-order valence-electron chi connectivity index (χ1n) is 9.12. The molecular weight excluding hydrogens is 354 g/mol. The number of nitrogens with one attached hydrogen (secondary N) is 2. The van der Waals surface area contributed by atoms with Crippen LogP contribution in [0, 0.1) is 12.8 Å². The van der Waals surface area contributed by atoms with Gasteiger partial charge in [-0.1, -0.05) is 5.21 Å². The van der Waals surface area contributed by atoms with Crippen LogP contribution in [-0.2, 0) is 0 Å². The van der Waals surface area contributed by atoms with Crippen LogP contribution in [0.2, 0.25) is 0 Å². The molecule has 0 aromatic carbocycles. The summed E-state index contributed by atoms with van der Waals surface area (Å²) in [6, 6.07) is 2.45. The lowest BCUT2D eigenvalue weighted by Gasteiger charge is -2.23. The summed E-state index contributed by atoms with van der Waals surface area (Å²) < 4.78 is 3.81. The summed E-state index contributed by atoms with van der Waals surface area (Å²) in [5, 5.41) is 19.1. The topological polar surface area (TPSA) is 89.7 Å². The Kier molecular flexibility index (Phi) is 5.62. The van der Waals surface area contributed by atoms with E-state index < -0.39 is 0 Å². The van der Waals surface area contributed by atoms with Gasteiger partial charge in [-0.15, -0.1) is 17.5 Å². The average molecular weight is 380 g/mol. The van der Waals surface area contributed by atoms with Crippen LogP contribution in [0.3, 0.4) is 0 Å². The molecule has 1 unspecified atom stereocenters. The largest absolute Gasteiger partial charge is 0.317 e. The molecule has 1 atom stereocenters. The van der Waals surface area contributed by atoms with E-state index in [1.54, 1.807) is 6.20 Å². The first-order valence-corrected chi connectivity index (χ1v) is 9.12. The summed E-state index contributed by atoms with van der Waals surface area (Å²) in [6.07, 6.45) is 6.22. The zero-order valence-corrected chi connectivity index (χ0v) is 16.0. The normalized spacial score (nSPS) is 19.0. The monoisotopic (exact) mass is 379 g/mol. The van der Waals surface area contributed by atoms with E-state index >= 15 is 0 Å². The highest BCUT2D eigenvalue weighted by Gasteiger charge is 2.31. The molecule has 8 nitrogen and oxygen atoms in total. The van der Waals surface area contributed by atoms with Gasteiger partial charge >= 0.3 is 0 Å². The number of anilines is 1. The molecule has 1 amide bonds. The van der Waals surface area contributed by atoms with Gasteiger partial charge in [0.25, 0.3) is 5.91 Å². The van der Waals surface area contributed by atoms with Crippen molar-refractivity contribution in [1.29, 1.82) is 0 Å². The lowest BCUT2D eigenvalue weighted by atomic mass is 10.1. The Morgan fingerprint density at radius 2 is 2.04 bits per heavy atom. The second kappa shape index (κ2) is 7.75. The van der Waals surface area contributed by atoms with Crippen molar-refractivity contribution in [1.82, 2.24) is 30.1 Å². The summed E-state index contributed by atoms with van der Waals surface area (Å²) in [4.78, 5) is 12.7. The van der Waals surface area contributed by atoms with Crippen LogP contribution >= 0.6 is 12.4 Å². The van der Waals surface area contributed by atoms with Crippen LogP contribution in [0.25, 0.3) is 0 Å². The second-order valence-electron chi connectivity index (χ2n) is 7.14. The fourth-order valence-electron chi connectivity index (χ4n) is 3.64. The number of rotatable bonds is 5. The van der Waals surface area contributed by atoms with Gasteiger partial charge in [0.1, 0.15) is 5.82 Å². The molecule has 0 bridgehead atoms. The van der Waals surface area contributed by atoms with Gasteiger partial charge in [-0.25, -0.2) is 9.36 Å². The Labute approximate surface area is 159 Å². The number of carbonyl (C=O) groups excluding carboxylic acids is 1. The summed E-state index contributed by atoms with van der Waals surface area (Å²) in [5.74, 6) is 1.17. The van der Waals surface area contributed by atoms with Crippen LogP contribution in [0.4, 0.5) is 5.82 Å². The van der Waals surface area contributed by atoms with Gasteiger partial charge in [0.15, 0.2) is 5.69 Å². The highest BCUT2D eigenvalue weighted by Crippen LogP contribution is 2.40. The van der Waals surface area contributed by atoms with Crippen LogP contribution in [0.1, 0.15) is 60.9 Å². The highest BCUT2D eigenvalue weighted by molar-refractivity contribution is 6.03. The standard InChI is InChI=1S/C17H25N7O.ClH/c1-11(13-3-4-13)24-15(7-10-19-24)20-17(25)16-12(2)23(22-21-16)14-5-8-18-9-6-14;/h7,10-11,13-14,18H,3-6,8-9H2,1-2H3,(H,20,25);1H. The molecule has 2 N–H and O–H groups in total. The number of nitrogens with zero attached hydrogens (tertiary/aromatic N) is 5. The third-order valence-corrected chi connectivity index (χ3v) is 5.40. The van der Waals surface area contributed by atoms with Crippen LogP contribution in [-0.4, -0.2) is 43.8 Å². The van der Waals surface area contributed by atoms with Crippen molar-refractivity contribution in [2.24, 2.45) is 5.92 Å². The minimum Gasteiger partial charge on any atom is -0.317 e. The average Bonchev–Trinajstić information content (AvgIpc) is 3.26.